The molecule has 0 spiro atoms. The average Bonchev–Trinajstić information content (AvgIpc) is 2.82. The second-order valence-electron chi connectivity index (χ2n) is 7.05. The lowest BCUT2D eigenvalue weighted by Crippen LogP contribution is -2.20. The van der Waals surface area contributed by atoms with Crippen LogP contribution in [0.3, 0.4) is 0 Å². The Morgan fingerprint density at radius 1 is 1.16 bits per heavy atom. The largest absolute Gasteiger partial charge is 0.481 e. The van der Waals surface area contributed by atoms with Crippen LogP contribution in [-0.2, 0) is 4.79 Å². The van der Waals surface area contributed by atoms with Crippen LogP contribution in [0.2, 0.25) is 0 Å². The molecular formula is C20H34O5. The predicted molar refractivity (Wildman–Crippen MR) is 98.1 cm³/mol. The van der Waals surface area contributed by atoms with Gasteiger partial charge in [-0.3, -0.25) is 4.79 Å². The van der Waals surface area contributed by atoms with E-state index in [1.54, 1.807) is 6.08 Å². The van der Waals surface area contributed by atoms with Crippen molar-refractivity contribution in [2.45, 2.75) is 83.0 Å². The molecule has 0 saturated heterocycles. The summed E-state index contributed by atoms with van der Waals surface area (Å²) in [6.45, 7) is 2.12. The number of hydrogen-bond donors (Lipinski definition) is 4. The van der Waals surface area contributed by atoms with Gasteiger partial charge in [-0.25, -0.2) is 0 Å². The van der Waals surface area contributed by atoms with E-state index in [0.29, 0.717) is 25.7 Å². The summed E-state index contributed by atoms with van der Waals surface area (Å²) in [5.41, 5.74) is 0. The molecule has 0 bridgehead atoms. The van der Waals surface area contributed by atoms with E-state index in [0.717, 1.165) is 25.7 Å². The Hall–Kier alpha value is -1.17. The van der Waals surface area contributed by atoms with Crippen molar-refractivity contribution in [2.24, 2.45) is 11.8 Å². The number of hydrogen-bond acceptors (Lipinski definition) is 4. The standard InChI is InChI=1S/C20H34O5/c1-2-3-6-9-15(21)12-13-17-16(18(22)14-19(17)23)10-7-4-5-8-11-20(24)25/h4,7,12-13,15-19,21-23H,2-3,5-6,8-11,14H2,1H3,(H,24,25)/b7-4-,13-12+/t15?,16?,17-,18?,19+/m1/s1. The monoisotopic (exact) mass is 354 g/mol. The van der Waals surface area contributed by atoms with Crippen molar-refractivity contribution in [3.63, 3.8) is 0 Å². The van der Waals surface area contributed by atoms with Crippen molar-refractivity contribution in [2.75, 3.05) is 0 Å². The molecule has 0 aromatic heterocycles. The molecule has 0 aromatic carbocycles. The van der Waals surface area contributed by atoms with Gasteiger partial charge < -0.3 is 20.4 Å². The van der Waals surface area contributed by atoms with Gasteiger partial charge in [0.1, 0.15) is 0 Å². The minimum absolute atomic E-state index is 0.0650. The van der Waals surface area contributed by atoms with E-state index in [2.05, 4.69) is 6.92 Å². The first-order valence-corrected chi connectivity index (χ1v) is 9.55. The average molecular weight is 354 g/mol. The lowest BCUT2D eigenvalue weighted by molar-refractivity contribution is -0.137. The molecular weight excluding hydrogens is 320 g/mol. The van der Waals surface area contributed by atoms with Gasteiger partial charge >= 0.3 is 5.97 Å². The Balaban J connectivity index is 2.46. The number of carboxylic acid groups (broad SMARTS) is 1. The molecule has 0 radical (unpaired) electrons. The number of rotatable bonds is 12. The molecule has 1 fully saturated rings. The zero-order chi connectivity index (χ0) is 18.7. The van der Waals surface area contributed by atoms with Crippen LogP contribution in [0.5, 0.6) is 0 Å². The molecule has 25 heavy (non-hydrogen) atoms. The van der Waals surface area contributed by atoms with Crippen molar-refractivity contribution in [1.82, 2.24) is 0 Å². The van der Waals surface area contributed by atoms with E-state index in [1.807, 2.05) is 18.2 Å². The maximum Gasteiger partial charge on any atom is 0.303 e. The third-order valence-electron chi connectivity index (χ3n) is 4.91. The van der Waals surface area contributed by atoms with Crippen LogP contribution in [0.25, 0.3) is 0 Å². The summed E-state index contributed by atoms with van der Waals surface area (Å²) in [6, 6.07) is 0. The molecule has 0 aliphatic heterocycles. The molecule has 144 valence electrons. The predicted octanol–water partition coefficient (Wildman–Crippen LogP) is 3.04. The highest BCUT2D eigenvalue weighted by Crippen LogP contribution is 2.36. The van der Waals surface area contributed by atoms with Gasteiger partial charge in [0.15, 0.2) is 0 Å². The van der Waals surface area contributed by atoms with E-state index in [4.69, 9.17) is 5.11 Å². The summed E-state index contributed by atoms with van der Waals surface area (Å²) in [7, 11) is 0. The zero-order valence-corrected chi connectivity index (χ0v) is 15.3. The summed E-state index contributed by atoms with van der Waals surface area (Å²) >= 11 is 0. The second kappa shape index (κ2) is 12.2. The van der Waals surface area contributed by atoms with Gasteiger partial charge in [-0.05, 0) is 31.6 Å². The number of carboxylic acids is 1. The number of allylic oxidation sites excluding steroid dienone is 2. The molecule has 5 nitrogen and oxygen atoms in total. The molecule has 1 saturated carbocycles. The quantitative estimate of drug-likeness (QED) is 0.319. The fourth-order valence-corrected chi connectivity index (χ4v) is 3.41. The molecule has 1 aliphatic rings. The second-order valence-corrected chi connectivity index (χ2v) is 7.05. The highest BCUT2D eigenvalue weighted by atomic mass is 16.4. The highest BCUT2D eigenvalue weighted by molar-refractivity contribution is 5.66. The van der Waals surface area contributed by atoms with Crippen molar-refractivity contribution < 1.29 is 25.2 Å². The third-order valence-corrected chi connectivity index (χ3v) is 4.91. The van der Waals surface area contributed by atoms with Gasteiger partial charge in [0.25, 0.3) is 0 Å². The molecule has 1 rings (SSSR count). The fraction of sp³-hybridized carbons (Fsp3) is 0.750. The highest BCUT2D eigenvalue weighted by Gasteiger charge is 2.39. The summed E-state index contributed by atoms with van der Waals surface area (Å²) in [4.78, 5) is 10.5. The van der Waals surface area contributed by atoms with E-state index in [1.165, 1.54) is 0 Å². The first-order valence-electron chi connectivity index (χ1n) is 9.55. The SMILES string of the molecule is CCCCCC(O)/C=C/[C@@H]1C(C/C=C\CCCC(=O)O)C(O)C[C@@H]1O. The molecule has 5 heteroatoms. The summed E-state index contributed by atoms with van der Waals surface area (Å²) in [5.74, 6) is -1.00. The van der Waals surface area contributed by atoms with Gasteiger partial charge in [0.05, 0.1) is 18.3 Å². The molecule has 1 aliphatic carbocycles. The van der Waals surface area contributed by atoms with Gasteiger partial charge in [-0.2, -0.15) is 0 Å². The van der Waals surface area contributed by atoms with Crippen LogP contribution in [0.15, 0.2) is 24.3 Å². The lowest BCUT2D eigenvalue weighted by Gasteiger charge is -2.19. The maximum atomic E-state index is 10.5. The van der Waals surface area contributed by atoms with E-state index < -0.39 is 24.3 Å². The van der Waals surface area contributed by atoms with Gasteiger partial charge in [0, 0.05) is 18.8 Å². The van der Waals surface area contributed by atoms with Crippen molar-refractivity contribution in [1.29, 1.82) is 0 Å². The fourth-order valence-electron chi connectivity index (χ4n) is 3.41. The van der Waals surface area contributed by atoms with Gasteiger partial charge in [0.2, 0.25) is 0 Å². The Labute approximate surface area is 151 Å². The third kappa shape index (κ3) is 8.66. The number of carbonyl (C=O) groups is 1. The summed E-state index contributed by atoms with van der Waals surface area (Å²) in [5, 5.41) is 39.0. The van der Waals surface area contributed by atoms with E-state index >= 15 is 0 Å². The van der Waals surface area contributed by atoms with Crippen LogP contribution in [0, 0.1) is 11.8 Å². The number of unbranched alkanes of at least 4 members (excludes halogenated alkanes) is 3. The smallest absolute Gasteiger partial charge is 0.303 e. The number of aliphatic hydroxyl groups is 3. The molecule has 4 N–H and O–H groups in total. The van der Waals surface area contributed by atoms with Crippen molar-refractivity contribution >= 4 is 5.97 Å². The number of aliphatic hydroxyl groups excluding tert-OH is 3. The minimum atomic E-state index is -0.787. The molecule has 0 aromatic rings. The Bertz CT molecular complexity index is 432. The Morgan fingerprint density at radius 2 is 1.92 bits per heavy atom. The Morgan fingerprint density at radius 3 is 2.60 bits per heavy atom. The topological polar surface area (TPSA) is 98.0 Å². The van der Waals surface area contributed by atoms with E-state index in [-0.39, 0.29) is 18.3 Å². The Kier molecular flexibility index (Phi) is 10.7. The molecule has 0 heterocycles. The number of aliphatic carboxylic acids is 1. The molecule has 3 unspecified atom stereocenters. The molecule has 0 amide bonds. The lowest BCUT2D eigenvalue weighted by atomic mass is 9.89. The maximum absolute atomic E-state index is 10.5. The van der Waals surface area contributed by atoms with Crippen LogP contribution in [-0.4, -0.2) is 44.7 Å². The van der Waals surface area contributed by atoms with Crippen molar-refractivity contribution in [3.8, 4) is 0 Å². The minimum Gasteiger partial charge on any atom is -0.481 e. The van der Waals surface area contributed by atoms with Gasteiger partial charge in [-0.15, -0.1) is 0 Å². The van der Waals surface area contributed by atoms with Gasteiger partial charge in [-0.1, -0.05) is 50.5 Å². The van der Waals surface area contributed by atoms with Crippen molar-refractivity contribution in [3.05, 3.63) is 24.3 Å². The zero-order valence-electron chi connectivity index (χ0n) is 15.3. The first-order chi connectivity index (χ1) is 12.0. The summed E-state index contributed by atoms with van der Waals surface area (Å²) < 4.78 is 0. The normalized spacial score (nSPS) is 28.2. The first kappa shape index (κ1) is 21.9. The van der Waals surface area contributed by atoms with Crippen LogP contribution >= 0.6 is 0 Å². The molecule has 5 atom stereocenters. The van der Waals surface area contributed by atoms with Crippen LogP contribution in [0.4, 0.5) is 0 Å². The summed E-state index contributed by atoms with van der Waals surface area (Å²) in [6.07, 6.45) is 12.3. The van der Waals surface area contributed by atoms with E-state index in [9.17, 15) is 20.1 Å². The van der Waals surface area contributed by atoms with Crippen LogP contribution < -0.4 is 0 Å². The van der Waals surface area contributed by atoms with Crippen LogP contribution in [0.1, 0.15) is 64.7 Å².